The molecule has 6 nitrogen and oxygen atoms in total. The van der Waals surface area contributed by atoms with Gasteiger partial charge in [0.1, 0.15) is 0 Å². The lowest BCUT2D eigenvalue weighted by Gasteiger charge is -2.11. The third kappa shape index (κ3) is 7.70. The molecule has 0 spiro atoms. The van der Waals surface area contributed by atoms with Crippen LogP contribution in [-0.4, -0.2) is 44.3 Å². The van der Waals surface area contributed by atoms with Gasteiger partial charge in [0.25, 0.3) is 0 Å². The molecule has 0 fully saturated rings. The minimum absolute atomic E-state index is 0.208. The van der Waals surface area contributed by atoms with Crippen LogP contribution >= 0.6 is 0 Å². The number of nitrogens with two attached hydrogens (primary N) is 1. The van der Waals surface area contributed by atoms with Gasteiger partial charge in [-0.2, -0.15) is 0 Å². The largest absolute Gasteiger partial charge is 0.464 e. The van der Waals surface area contributed by atoms with Crippen molar-refractivity contribution in [3.63, 3.8) is 0 Å². The fourth-order valence-electron chi connectivity index (χ4n) is 1.04. The standard InChI is InChI=1S/C11H22N2O4/c1-3-5-7-16-8-6-13-10(14)9(12)11(15)17-4-2/h9H,3-8,12H2,1-2H3,(H,13,14). The minimum Gasteiger partial charge on any atom is -0.464 e. The molecule has 0 aromatic heterocycles. The van der Waals surface area contributed by atoms with Gasteiger partial charge >= 0.3 is 5.97 Å². The second kappa shape index (κ2) is 10.0. The zero-order valence-corrected chi connectivity index (χ0v) is 10.5. The van der Waals surface area contributed by atoms with Gasteiger partial charge in [-0.3, -0.25) is 4.79 Å². The quantitative estimate of drug-likeness (QED) is 0.334. The highest BCUT2D eigenvalue weighted by molar-refractivity contribution is 6.01. The molecule has 6 heteroatoms. The summed E-state index contributed by atoms with van der Waals surface area (Å²) in [6.07, 6.45) is 2.07. The van der Waals surface area contributed by atoms with E-state index in [0.29, 0.717) is 19.8 Å². The van der Waals surface area contributed by atoms with Gasteiger partial charge < -0.3 is 20.5 Å². The highest BCUT2D eigenvalue weighted by Crippen LogP contribution is 1.88. The Morgan fingerprint density at radius 2 is 2.00 bits per heavy atom. The van der Waals surface area contributed by atoms with Crippen molar-refractivity contribution in [1.82, 2.24) is 5.32 Å². The number of rotatable bonds is 9. The number of ether oxygens (including phenoxy) is 2. The molecule has 1 amide bonds. The molecule has 0 bridgehead atoms. The first kappa shape index (κ1) is 15.9. The minimum atomic E-state index is -1.26. The fraction of sp³-hybridized carbons (Fsp3) is 0.818. The second-order valence-corrected chi connectivity index (χ2v) is 3.49. The van der Waals surface area contributed by atoms with E-state index in [0.717, 1.165) is 12.8 Å². The highest BCUT2D eigenvalue weighted by atomic mass is 16.5. The molecule has 0 aromatic carbocycles. The zero-order valence-electron chi connectivity index (χ0n) is 10.5. The molecule has 1 atom stereocenters. The Morgan fingerprint density at radius 3 is 2.59 bits per heavy atom. The molecule has 0 aromatic rings. The molecule has 3 N–H and O–H groups in total. The summed E-state index contributed by atoms with van der Waals surface area (Å²) < 4.78 is 9.87. The van der Waals surface area contributed by atoms with Crippen molar-refractivity contribution in [3.05, 3.63) is 0 Å². The van der Waals surface area contributed by atoms with Crippen LogP contribution in [0.2, 0.25) is 0 Å². The van der Waals surface area contributed by atoms with Crippen LogP contribution in [-0.2, 0) is 19.1 Å². The van der Waals surface area contributed by atoms with Crippen molar-refractivity contribution in [3.8, 4) is 0 Å². The number of carbonyl (C=O) groups excluding carboxylic acids is 2. The Labute approximate surface area is 102 Å². The van der Waals surface area contributed by atoms with E-state index in [-0.39, 0.29) is 6.61 Å². The molecular formula is C11H22N2O4. The molecule has 1 unspecified atom stereocenters. The van der Waals surface area contributed by atoms with Gasteiger partial charge in [-0.15, -0.1) is 0 Å². The Kier molecular flexibility index (Phi) is 9.37. The Hall–Kier alpha value is -1.14. The Bertz CT molecular complexity index is 234. The van der Waals surface area contributed by atoms with Crippen molar-refractivity contribution in [2.75, 3.05) is 26.4 Å². The van der Waals surface area contributed by atoms with Crippen LogP contribution < -0.4 is 11.1 Å². The summed E-state index contributed by atoms with van der Waals surface area (Å²) in [6.45, 7) is 5.38. The maximum Gasteiger partial charge on any atom is 0.332 e. The summed E-state index contributed by atoms with van der Waals surface area (Å²) >= 11 is 0. The predicted octanol–water partition coefficient (Wildman–Crippen LogP) is -0.190. The summed E-state index contributed by atoms with van der Waals surface area (Å²) in [7, 11) is 0. The van der Waals surface area contributed by atoms with E-state index in [1.807, 2.05) is 0 Å². The molecule has 0 heterocycles. The average molecular weight is 246 g/mol. The summed E-state index contributed by atoms with van der Waals surface area (Å²) in [5.41, 5.74) is 5.38. The van der Waals surface area contributed by atoms with E-state index >= 15 is 0 Å². The average Bonchev–Trinajstić information content (AvgIpc) is 2.32. The molecule has 100 valence electrons. The van der Waals surface area contributed by atoms with Gasteiger partial charge in [0.05, 0.1) is 13.2 Å². The van der Waals surface area contributed by atoms with Gasteiger partial charge in [0.15, 0.2) is 6.04 Å². The summed E-state index contributed by atoms with van der Waals surface area (Å²) in [6, 6.07) is -1.26. The lowest BCUT2D eigenvalue weighted by Crippen LogP contribution is -2.47. The summed E-state index contributed by atoms with van der Waals surface area (Å²) in [5, 5.41) is 2.51. The molecule has 0 saturated heterocycles. The van der Waals surface area contributed by atoms with Crippen molar-refractivity contribution < 1.29 is 19.1 Å². The highest BCUT2D eigenvalue weighted by Gasteiger charge is 2.22. The molecule has 0 rings (SSSR count). The van der Waals surface area contributed by atoms with Crippen molar-refractivity contribution >= 4 is 11.9 Å². The van der Waals surface area contributed by atoms with E-state index in [2.05, 4.69) is 17.0 Å². The van der Waals surface area contributed by atoms with Gasteiger partial charge in [0, 0.05) is 13.2 Å². The zero-order chi connectivity index (χ0) is 13.1. The summed E-state index contributed by atoms with van der Waals surface area (Å²) in [4.78, 5) is 22.5. The maximum atomic E-state index is 11.4. The SMILES string of the molecule is CCCCOCCNC(=O)C(N)C(=O)OCC. The van der Waals surface area contributed by atoms with Crippen LogP contribution in [0.4, 0.5) is 0 Å². The van der Waals surface area contributed by atoms with Crippen LogP contribution in [0.15, 0.2) is 0 Å². The maximum absolute atomic E-state index is 11.4. The number of hydrogen-bond donors (Lipinski definition) is 2. The van der Waals surface area contributed by atoms with Crippen molar-refractivity contribution in [2.45, 2.75) is 32.7 Å². The number of carbonyl (C=O) groups is 2. The third-order valence-corrected chi connectivity index (χ3v) is 2.01. The lowest BCUT2D eigenvalue weighted by atomic mass is 10.3. The van der Waals surface area contributed by atoms with Crippen LogP contribution in [0.3, 0.4) is 0 Å². The number of amides is 1. The van der Waals surface area contributed by atoms with Gasteiger partial charge in [-0.05, 0) is 13.3 Å². The van der Waals surface area contributed by atoms with Gasteiger partial charge in [-0.25, -0.2) is 4.79 Å². The lowest BCUT2D eigenvalue weighted by molar-refractivity contribution is -0.148. The molecule has 0 aliphatic rings. The van der Waals surface area contributed by atoms with Crippen LogP contribution in [0, 0.1) is 0 Å². The van der Waals surface area contributed by atoms with Crippen LogP contribution in [0.1, 0.15) is 26.7 Å². The second-order valence-electron chi connectivity index (χ2n) is 3.49. The van der Waals surface area contributed by atoms with E-state index < -0.39 is 17.9 Å². The summed E-state index contributed by atoms with van der Waals surface area (Å²) in [5.74, 6) is -1.25. The van der Waals surface area contributed by atoms with Gasteiger partial charge in [0.2, 0.25) is 5.91 Å². The topological polar surface area (TPSA) is 90.6 Å². The predicted molar refractivity (Wildman–Crippen MR) is 63.3 cm³/mol. The van der Waals surface area contributed by atoms with Gasteiger partial charge in [-0.1, -0.05) is 13.3 Å². The van der Waals surface area contributed by atoms with E-state index in [1.54, 1.807) is 6.92 Å². The van der Waals surface area contributed by atoms with E-state index in [9.17, 15) is 9.59 Å². The van der Waals surface area contributed by atoms with Crippen molar-refractivity contribution in [1.29, 1.82) is 0 Å². The fourth-order valence-corrected chi connectivity index (χ4v) is 1.04. The van der Waals surface area contributed by atoms with Crippen LogP contribution in [0.5, 0.6) is 0 Å². The third-order valence-electron chi connectivity index (χ3n) is 2.01. The normalized spacial score (nSPS) is 11.9. The number of esters is 1. The number of hydrogen-bond acceptors (Lipinski definition) is 5. The van der Waals surface area contributed by atoms with E-state index in [1.165, 1.54) is 0 Å². The van der Waals surface area contributed by atoms with E-state index in [4.69, 9.17) is 10.5 Å². The molecular weight excluding hydrogens is 224 g/mol. The number of nitrogens with one attached hydrogen (secondary N) is 1. The smallest absolute Gasteiger partial charge is 0.332 e. The Morgan fingerprint density at radius 1 is 1.29 bits per heavy atom. The molecule has 0 aliphatic heterocycles. The molecule has 0 radical (unpaired) electrons. The first-order chi connectivity index (χ1) is 8.13. The number of unbranched alkanes of at least 4 members (excludes halogenated alkanes) is 1. The Balaban J connectivity index is 3.60. The molecule has 0 aliphatic carbocycles. The monoisotopic (exact) mass is 246 g/mol. The van der Waals surface area contributed by atoms with Crippen molar-refractivity contribution in [2.24, 2.45) is 5.73 Å². The molecule has 0 saturated carbocycles. The first-order valence-corrected chi connectivity index (χ1v) is 5.91. The van der Waals surface area contributed by atoms with Crippen LogP contribution in [0.25, 0.3) is 0 Å². The molecule has 17 heavy (non-hydrogen) atoms. The first-order valence-electron chi connectivity index (χ1n) is 5.91.